The molecule has 1 aliphatic carbocycles. The summed E-state index contributed by atoms with van der Waals surface area (Å²) in [4.78, 5) is 0. The van der Waals surface area contributed by atoms with Gasteiger partial charge in [0.1, 0.15) is 11.2 Å². The van der Waals surface area contributed by atoms with Crippen molar-refractivity contribution in [2.24, 2.45) is 5.92 Å². The van der Waals surface area contributed by atoms with E-state index in [1.54, 1.807) is 0 Å². The number of aryl methyl sites for hydroxylation is 1. The van der Waals surface area contributed by atoms with Crippen molar-refractivity contribution in [2.75, 3.05) is 0 Å². The maximum Gasteiger partial charge on any atom is 0.263 e. The molecular formula is C18H22INS. The van der Waals surface area contributed by atoms with Gasteiger partial charge < -0.3 is 24.0 Å². The number of halogens is 1. The van der Waals surface area contributed by atoms with Crippen LogP contribution >= 0.6 is 11.3 Å². The fourth-order valence-corrected chi connectivity index (χ4v) is 4.41. The molecular weight excluding hydrogens is 389 g/mol. The second-order valence-electron chi connectivity index (χ2n) is 5.88. The molecule has 1 unspecified atom stereocenters. The molecule has 0 bridgehead atoms. The number of fused-ring (bicyclic) bond motifs is 1. The van der Waals surface area contributed by atoms with Crippen LogP contribution in [0.25, 0.3) is 16.3 Å². The molecule has 1 aromatic heterocycles. The molecule has 1 heterocycles. The highest BCUT2D eigenvalue weighted by molar-refractivity contribution is 7.18. The second kappa shape index (κ2) is 7.05. The predicted molar refractivity (Wildman–Crippen MR) is 87.8 cm³/mol. The monoisotopic (exact) mass is 411 g/mol. The third-order valence-electron chi connectivity index (χ3n) is 3.95. The minimum absolute atomic E-state index is 0. The number of hydrogen-bond acceptors (Lipinski definition) is 1. The Morgan fingerprint density at radius 2 is 2.05 bits per heavy atom. The molecule has 0 N–H and O–H groups in total. The molecule has 1 aliphatic rings. The Kier molecular flexibility index (Phi) is 5.60. The third kappa shape index (κ3) is 3.57. The van der Waals surface area contributed by atoms with Crippen LogP contribution in [-0.4, -0.2) is 0 Å². The molecule has 0 fully saturated rings. The summed E-state index contributed by atoms with van der Waals surface area (Å²) in [6.07, 6.45) is 7.23. The van der Waals surface area contributed by atoms with Gasteiger partial charge in [-0.15, -0.1) is 0 Å². The van der Waals surface area contributed by atoms with Crippen molar-refractivity contribution in [1.82, 2.24) is 0 Å². The highest BCUT2D eigenvalue weighted by Gasteiger charge is 2.19. The highest BCUT2D eigenvalue weighted by atomic mass is 127. The number of allylic oxidation sites excluding steroid dienone is 3. The summed E-state index contributed by atoms with van der Waals surface area (Å²) in [5.74, 6) is 0.774. The van der Waals surface area contributed by atoms with Crippen LogP contribution in [0.5, 0.6) is 0 Å². The molecule has 0 spiro atoms. The van der Waals surface area contributed by atoms with E-state index in [9.17, 15) is 0 Å². The maximum absolute atomic E-state index is 2.43. The van der Waals surface area contributed by atoms with Gasteiger partial charge in [0.05, 0.1) is 0 Å². The smallest absolute Gasteiger partial charge is 0.263 e. The van der Waals surface area contributed by atoms with Crippen LogP contribution in [0.4, 0.5) is 0 Å². The number of nitrogens with zero attached hydrogens (tertiary/aromatic N) is 1. The van der Waals surface area contributed by atoms with Crippen molar-refractivity contribution in [3.63, 3.8) is 0 Å². The van der Waals surface area contributed by atoms with E-state index in [2.05, 4.69) is 61.8 Å². The van der Waals surface area contributed by atoms with E-state index in [1.807, 2.05) is 11.3 Å². The minimum Gasteiger partial charge on any atom is -1.00 e. The Labute approximate surface area is 148 Å². The Hall–Kier alpha value is -0.680. The minimum atomic E-state index is 0. The van der Waals surface area contributed by atoms with Gasteiger partial charge in [-0.05, 0) is 44.2 Å². The average molecular weight is 411 g/mol. The summed E-state index contributed by atoms with van der Waals surface area (Å²) >= 11 is 1.90. The van der Waals surface area contributed by atoms with Crippen LogP contribution in [0.3, 0.4) is 0 Å². The zero-order valence-corrected chi connectivity index (χ0v) is 15.9. The van der Waals surface area contributed by atoms with Crippen molar-refractivity contribution in [3.8, 4) is 0 Å². The van der Waals surface area contributed by atoms with Crippen molar-refractivity contribution in [2.45, 2.75) is 40.2 Å². The quantitative estimate of drug-likeness (QED) is 0.526. The van der Waals surface area contributed by atoms with Crippen LogP contribution in [-0.2, 0) is 6.54 Å². The SMILES string of the molecule is CC[n+]1c(C=C2C=C(C)CC(C)C2)sc2ccccc21.[I-]. The summed E-state index contributed by atoms with van der Waals surface area (Å²) in [7, 11) is 0. The Balaban J connectivity index is 0.00000161. The van der Waals surface area contributed by atoms with Gasteiger partial charge in [0.15, 0.2) is 0 Å². The van der Waals surface area contributed by atoms with Gasteiger partial charge in [-0.25, -0.2) is 0 Å². The van der Waals surface area contributed by atoms with E-state index in [1.165, 1.54) is 39.2 Å². The molecule has 2 aromatic rings. The standard InChI is InChI=1S/C18H22NS.HI/c1-4-19-16-7-5-6-8-17(16)20-18(19)12-15-10-13(2)9-14(3)11-15;/h5-8,10,12,14H,4,9,11H2,1-3H3;1H/q+1;/p-1. The lowest BCUT2D eigenvalue weighted by Crippen LogP contribution is -3.00. The first-order chi connectivity index (χ1) is 9.67. The molecule has 0 aliphatic heterocycles. The molecule has 3 heteroatoms. The van der Waals surface area contributed by atoms with Crippen molar-refractivity contribution >= 4 is 27.6 Å². The van der Waals surface area contributed by atoms with Crippen molar-refractivity contribution in [1.29, 1.82) is 0 Å². The van der Waals surface area contributed by atoms with Crippen LogP contribution in [0.1, 0.15) is 38.6 Å². The topological polar surface area (TPSA) is 3.88 Å². The van der Waals surface area contributed by atoms with Gasteiger partial charge in [-0.1, -0.05) is 42.0 Å². The molecule has 3 rings (SSSR count). The molecule has 1 nitrogen and oxygen atoms in total. The Morgan fingerprint density at radius 3 is 2.76 bits per heavy atom. The molecule has 0 saturated carbocycles. The van der Waals surface area contributed by atoms with Crippen LogP contribution in [0.15, 0.2) is 41.5 Å². The van der Waals surface area contributed by atoms with E-state index in [4.69, 9.17) is 0 Å². The first kappa shape index (κ1) is 16.7. The molecule has 0 saturated heterocycles. The van der Waals surface area contributed by atoms with Gasteiger partial charge in [0.25, 0.3) is 5.01 Å². The summed E-state index contributed by atoms with van der Waals surface area (Å²) in [5.41, 5.74) is 4.35. The summed E-state index contributed by atoms with van der Waals surface area (Å²) < 4.78 is 3.81. The van der Waals surface area contributed by atoms with E-state index in [0.29, 0.717) is 0 Å². The lowest BCUT2D eigenvalue weighted by Gasteiger charge is -2.18. The van der Waals surface area contributed by atoms with E-state index < -0.39 is 0 Å². The van der Waals surface area contributed by atoms with Gasteiger partial charge in [0, 0.05) is 12.1 Å². The zero-order chi connectivity index (χ0) is 14.1. The highest BCUT2D eigenvalue weighted by Crippen LogP contribution is 2.30. The molecule has 112 valence electrons. The lowest BCUT2D eigenvalue weighted by atomic mass is 9.88. The normalized spacial score (nSPS) is 20.4. The molecule has 1 atom stereocenters. The molecule has 1 aromatic carbocycles. The first-order valence-corrected chi connectivity index (χ1v) is 8.28. The van der Waals surface area contributed by atoms with Crippen LogP contribution < -0.4 is 28.5 Å². The zero-order valence-electron chi connectivity index (χ0n) is 12.9. The number of thiazole rings is 1. The summed E-state index contributed by atoms with van der Waals surface area (Å²) in [5, 5.41) is 1.38. The van der Waals surface area contributed by atoms with Gasteiger partial charge >= 0.3 is 0 Å². The van der Waals surface area contributed by atoms with E-state index in [-0.39, 0.29) is 24.0 Å². The first-order valence-electron chi connectivity index (χ1n) is 7.46. The summed E-state index contributed by atoms with van der Waals surface area (Å²) in [6.45, 7) is 7.86. The number of aromatic nitrogens is 1. The molecule has 0 radical (unpaired) electrons. The Bertz CT molecular complexity index is 696. The third-order valence-corrected chi connectivity index (χ3v) is 5.06. The van der Waals surface area contributed by atoms with Gasteiger partial charge in [-0.2, -0.15) is 4.57 Å². The number of rotatable bonds is 2. The molecule has 0 amide bonds. The fraction of sp³-hybridized carbons (Fsp3) is 0.389. The number of hydrogen-bond donors (Lipinski definition) is 0. The number of benzene rings is 1. The second-order valence-corrected chi connectivity index (χ2v) is 6.94. The van der Waals surface area contributed by atoms with E-state index in [0.717, 1.165) is 12.5 Å². The average Bonchev–Trinajstić information content (AvgIpc) is 2.74. The van der Waals surface area contributed by atoms with Gasteiger partial charge in [-0.3, -0.25) is 0 Å². The maximum atomic E-state index is 2.43. The Morgan fingerprint density at radius 1 is 1.29 bits per heavy atom. The largest absolute Gasteiger partial charge is 1.00 e. The van der Waals surface area contributed by atoms with Crippen LogP contribution in [0, 0.1) is 5.92 Å². The van der Waals surface area contributed by atoms with Crippen molar-refractivity contribution in [3.05, 3.63) is 46.5 Å². The number of para-hydroxylation sites is 1. The van der Waals surface area contributed by atoms with Crippen LogP contribution in [0.2, 0.25) is 0 Å². The van der Waals surface area contributed by atoms with Gasteiger partial charge in [0.2, 0.25) is 5.52 Å². The fourth-order valence-electron chi connectivity index (χ4n) is 3.20. The predicted octanol–water partition coefficient (Wildman–Crippen LogP) is 1.97. The van der Waals surface area contributed by atoms with Crippen molar-refractivity contribution < 1.29 is 28.5 Å². The van der Waals surface area contributed by atoms with E-state index >= 15 is 0 Å². The molecule has 21 heavy (non-hydrogen) atoms. The summed E-state index contributed by atoms with van der Waals surface area (Å²) in [6, 6.07) is 8.70. The lowest BCUT2D eigenvalue weighted by molar-refractivity contribution is -0.665.